The van der Waals surface area contributed by atoms with Gasteiger partial charge in [0.25, 0.3) is 0 Å². The molecular formula is C18H33IN4O3. The van der Waals surface area contributed by atoms with Crippen LogP contribution in [-0.4, -0.2) is 87.4 Å². The molecule has 0 bridgehead atoms. The first-order valence-electron chi connectivity index (χ1n) is 9.60. The lowest BCUT2D eigenvalue weighted by Crippen LogP contribution is -2.53. The number of carbonyl (C=O) groups is 1. The van der Waals surface area contributed by atoms with Crippen molar-refractivity contribution in [2.75, 3.05) is 53.5 Å². The standard InChI is InChI=1S/C18H32N4O3.HI/c1-21(2)17(23)12-20-18(19-11-15-6-4-9-24-15)22-8-7-16-14(13-22)5-3-10-25-16;/h14-16H,3-13H2,1-2H3,(H,19,20);1H. The first kappa shape index (κ1) is 21.7. The Balaban J connectivity index is 0.00000243. The number of piperidine rings is 1. The zero-order valence-electron chi connectivity index (χ0n) is 16.0. The number of guanidine groups is 1. The van der Waals surface area contributed by atoms with Gasteiger partial charge in [0.15, 0.2) is 5.96 Å². The number of nitrogens with zero attached hydrogens (tertiary/aromatic N) is 3. The van der Waals surface area contributed by atoms with Crippen molar-refractivity contribution < 1.29 is 14.3 Å². The smallest absolute Gasteiger partial charge is 0.243 e. The van der Waals surface area contributed by atoms with Crippen LogP contribution >= 0.6 is 24.0 Å². The summed E-state index contributed by atoms with van der Waals surface area (Å²) in [7, 11) is 3.53. The van der Waals surface area contributed by atoms with Crippen LogP contribution in [0, 0.1) is 5.92 Å². The van der Waals surface area contributed by atoms with E-state index in [4.69, 9.17) is 9.47 Å². The van der Waals surface area contributed by atoms with E-state index in [1.807, 2.05) is 0 Å². The highest BCUT2D eigenvalue weighted by atomic mass is 127. The number of amides is 1. The number of nitrogens with one attached hydrogen (secondary N) is 1. The van der Waals surface area contributed by atoms with Gasteiger partial charge < -0.3 is 24.6 Å². The minimum absolute atomic E-state index is 0. The Hall–Kier alpha value is -0.610. The fourth-order valence-corrected chi connectivity index (χ4v) is 3.84. The van der Waals surface area contributed by atoms with Gasteiger partial charge in [-0.05, 0) is 32.1 Å². The minimum atomic E-state index is 0. The Morgan fingerprint density at radius 2 is 1.96 bits per heavy atom. The Bertz CT molecular complexity index is 483. The summed E-state index contributed by atoms with van der Waals surface area (Å²) in [5.41, 5.74) is 0. The van der Waals surface area contributed by atoms with Gasteiger partial charge in [-0.2, -0.15) is 0 Å². The van der Waals surface area contributed by atoms with Crippen LogP contribution in [0.1, 0.15) is 32.1 Å². The number of rotatable bonds is 4. The lowest BCUT2D eigenvalue weighted by atomic mass is 9.88. The van der Waals surface area contributed by atoms with E-state index in [1.165, 1.54) is 6.42 Å². The molecule has 0 aromatic carbocycles. The van der Waals surface area contributed by atoms with Gasteiger partial charge in [-0.1, -0.05) is 0 Å². The molecule has 1 N–H and O–H groups in total. The van der Waals surface area contributed by atoms with Crippen molar-refractivity contribution in [3.05, 3.63) is 0 Å². The fraction of sp³-hybridized carbons (Fsp3) is 0.889. The molecule has 0 spiro atoms. The van der Waals surface area contributed by atoms with Crippen molar-refractivity contribution in [1.82, 2.24) is 15.1 Å². The molecule has 0 saturated carbocycles. The van der Waals surface area contributed by atoms with E-state index in [-0.39, 0.29) is 42.5 Å². The Kier molecular flexibility index (Phi) is 8.89. The van der Waals surface area contributed by atoms with E-state index in [0.717, 1.165) is 64.5 Å². The third kappa shape index (κ3) is 5.95. The predicted octanol–water partition coefficient (Wildman–Crippen LogP) is 1.32. The SMILES string of the molecule is CN(C)C(=O)CN=C(NCC1CCCO1)N1CCC2OCCCC2C1.I. The molecule has 7 nitrogen and oxygen atoms in total. The van der Waals surface area contributed by atoms with E-state index in [9.17, 15) is 4.79 Å². The molecule has 3 atom stereocenters. The van der Waals surface area contributed by atoms with Crippen molar-refractivity contribution in [2.24, 2.45) is 10.9 Å². The molecule has 3 unspecified atom stereocenters. The van der Waals surface area contributed by atoms with Crippen molar-refractivity contribution in [3.63, 3.8) is 0 Å². The number of halogens is 1. The van der Waals surface area contributed by atoms with Gasteiger partial charge in [0, 0.05) is 52.9 Å². The van der Waals surface area contributed by atoms with E-state index < -0.39 is 0 Å². The number of carbonyl (C=O) groups excluding carboxylic acids is 1. The van der Waals surface area contributed by atoms with Crippen LogP contribution in [0.3, 0.4) is 0 Å². The number of hydrogen-bond acceptors (Lipinski definition) is 4. The molecule has 3 fully saturated rings. The molecule has 8 heteroatoms. The first-order chi connectivity index (χ1) is 12.1. The quantitative estimate of drug-likeness (QED) is 0.374. The molecule has 3 heterocycles. The summed E-state index contributed by atoms with van der Waals surface area (Å²) in [6.45, 7) is 4.57. The first-order valence-corrected chi connectivity index (χ1v) is 9.60. The summed E-state index contributed by atoms with van der Waals surface area (Å²) in [4.78, 5) is 20.4. The molecule has 150 valence electrons. The van der Waals surface area contributed by atoms with E-state index in [1.54, 1.807) is 19.0 Å². The van der Waals surface area contributed by atoms with Gasteiger partial charge in [0.2, 0.25) is 5.91 Å². The lowest BCUT2D eigenvalue weighted by Gasteiger charge is -2.42. The minimum Gasteiger partial charge on any atom is -0.378 e. The van der Waals surface area contributed by atoms with Gasteiger partial charge in [-0.3, -0.25) is 4.79 Å². The van der Waals surface area contributed by atoms with Crippen LogP contribution in [0.2, 0.25) is 0 Å². The highest BCUT2D eigenvalue weighted by Crippen LogP contribution is 2.28. The van der Waals surface area contributed by atoms with Gasteiger partial charge >= 0.3 is 0 Å². The van der Waals surface area contributed by atoms with Crippen LogP contribution in [0.15, 0.2) is 4.99 Å². The third-order valence-electron chi connectivity index (χ3n) is 5.39. The molecule has 26 heavy (non-hydrogen) atoms. The van der Waals surface area contributed by atoms with E-state index in [2.05, 4.69) is 15.2 Å². The largest absolute Gasteiger partial charge is 0.378 e. The Labute approximate surface area is 173 Å². The highest BCUT2D eigenvalue weighted by Gasteiger charge is 2.33. The topological polar surface area (TPSA) is 66.4 Å². The average Bonchev–Trinajstić information content (AvgIpc) is 3.14. The molecule has 3 aliphatic heterocycles. The molecule has 3 aliphatic rings. The summed E-state index contributed by atoms with van der Waals surface area (Å²) in [5, 5.41) is 3.46. The van der Waals surface area contributed by atoms with Crippen LogP contribution in [0.5, 0.6) is 0 Å². The molecule has 3 saturated heterocycles. The summed E-state index contributed by atoms with van der Waals surface area (Å²) >= 11 is 0. The van der Waals surface area contributed by atoms with Crippen LogP contribution in [0.25, 0.3) is 0 Å². The zero-order valence-corrected chi connectivity index (χ0v) is 18.3. The van der Waals surface area contributed by atoms with E-state index in [0.29, 0.717) is 12.0 Å². The normalized spacial score (nSPS) is 28.9. The maximum absolute atomic E-state index is 11.9. The number of ether oxygens (including phenoxy) is 2. The van der Waals surface area contributed by atoms with Crippen molar-refractivity contribution in [1.29, 1.82) is 0 Å². The van der Waals surface area contributed by atoms with Crippen molar-refractivity contribution in [2.45, 2.75) is 44.3 Å². The Morgan fingerprint density at radius 1 is 1.19 bits per heavy atom. The monoisotopic (exact) mass is 480 g/mol. The number of hydrogen-bond donors (Lipinski definition) is 1. The van der Waals surface area contributed by atoms with Crippen molar-refractivity contribution in [3.8, 4) is 0 Å². The molecule has 0 aliphatic carbocycles. The van der Waals surface area contributed by atoms with Crippen LogP contribution in [0.4, 0.5) is 0 Å². The number of likely N-dealkylation sites (tertiary alicyclic amines) is 1. The molecular weight excluding hydrogens is 447 g/mol. The third-order valence-corrected chi connectivity index (χ3v) is 5.39. The molecule has 1 amide bonds. The summed E-state index contributed by atoms with van der Waals surface area (Å²) in [6, 6.07) is 0. The fourth-order valence-electron chi connectivity index (χ4n) is 3.84. The molecule has 0 radical (unpaired) electrons. The zero-order chi connectivity index (χ0) is 17.6. The number of aliphatic imine (C=N–C) groups is 1. The average molecular weight is 480 g/mol. The summed E-state index contributed by atoms with van der Waals surface area (Å²) < 4.78 is 11.6. The van der Waals surface area contributed by atoms with E-state index >= 15 is 0 Å². The second kappa shape index (κ2) is 10.7. The predicted molar refractivity (Wildman–Crippen MR) is 112 cm³/mol. The summed E-state index contributed by atoms with van der Waals surface area (Å²) in [6.07, 6.45) is 6.27. The van der Waals surface area contributed by atoms with Crippen LogP contribution in [-0.2, 0) is 14.3 Å². The molecule has 0 aromatic rings. The number of likely N-dealkylation sites (N-methyl/N-ethyl adjacent to an activating group) is 1. The maximum Gasteiger partial charge on any atom is 0.243 e. The number of fused-ring (bicyclic) bond motifs is 1. The van der Waals surface area contributed by atoms with Gasteiger partial charge in [0.05, 0.1) is 12.2 Å². The Morgan fingerprint density at radius 3 is 2.69 bits per heavy atom. The molecule has 3 rings (SSSR count). The maximum atomic E-state index is 11.9. The molecule has 0 aromatic heterocycles. The second-order valence-electron chi connectivity index (χ2n) is 7.49. The summed E-state index contributed by atoms with van der Waals surface area (Å²) in [5.74, 6) is 1.43. The van der Waals surface area contributed by atoms with Crippen LogP contribution < -0.4 is 5.32 Å². The van der Waals surface area contributed by atoms with Gasteiger partial charge in [0.1, 0.15) is 6.54 Å². The highest BCUT2D eigenvalue weighted by molar-refractivity contribution is 14.0. The second-order valence-corrected chi connectivity index (χ2v) is 7.49. The lowest BCUT2D eigenvalue weighted by molar-refractivity contribution is -0.127. The van der Waals surface area contributed by atoms with Gasteiger partial charge in [-0.25, -0.2) is 4.99 Å². The van der Waals surface area contributed by atoms with Crippen molar-refractivity contribution >= 4 is 35.8 Å². The van der Waals surface area contributed by atoms with Gasteiger partial charge in [-0.15, -0.1) is 24.0 Å².